The Kier molecular flexibility index (Phi) is 8.38. The highest BCUT2D eigenvalue weighted by molar-refractivity contribution is 6.46. The summed E-state index contributed by atoms with van der Waals surface area (Å²) in [5.74, 6) is -0.998. The number of allylic oxidation sites excluding steroid dienone is 1. The van der Waals surface area contributed by atoms with E-state index < -0.39 is 26.9 Å². The van der Waals surface area contributed by atoms with E-state index in [9.17, 15) is 9.59 Å². The van der Waals surface area contributed by atoms with Crippen molar-refractivity contribution in [3.8, 4) is 0 Å². The van der Waals surface area contributed by atoms with Crippen LogP contribution in [0.3, 0.4) is 0 Å². The standard InChI is InChI=1S/C17H24O6Si/c1-6-9-15(24(20-4)21-5)23-17(19)14-11-8-7-10-13(14)16(18)22-12(2)3/h7-8,10-11,15,24H,2,6,9H2,1,3-5H3. The van der Waals surface area contributed by atoms with Gasteiger partial charge in [-0.2, -0.15) is 0 Å². The Labute approximate surface area is 144 Å². The van der Waals surface area contributed by atoms with Crippen LogP contribution in [0, 0.1) is 0 Å². The van der Waals surface area contributed by atoms with Gasteiger partial charge in [-0.3, -0.25) is 0 Å². The van der Waals surface area contributed by atoms with Gasteiger partial charge < -0.3 is 18.3 Å². The van der Waals surface area contributed by atoms with Gasteiger partial charge in [-0.25, -0.2) is 9.59 Å². The van der Waals surface area contributed by atoms with E-state index in [1.807, 2.05) is 6.92 Å². The lowest BCUT2D eigenvalue weighted by Gasteiger charge is -2.23. The summed E-state index contributed by atoms with van der Waals surface area (Å²) in [6.07, 6.45) is 1.44. The number of rotatable bonds is 9. The molecule has 0 bridgehead atoms. The minimum absolute atomic E-state index is 0.133. The smallest absolute Gasteiger partial charge is 0.363 e. The first-order valence-electron chi connectivity index (χ1n) is 7.67. The van der Waals surface area contributed by atoms with Crippen molar-refractivity contribution < 1.29 is 27.9 Å². The van der Waals surface area contributed by atoms with Gasteiger partial charge in [0.1, 0.15) is 5.73 Å². The molecule has 1 unspecified atom stereocenters. The number of carbonyl (C=O) groups excluding carboxylic acids is 2. The van der Waals surface area contributed by atoms with Crippen molar-refractivity contribution >= 4 is 21.2 Å². The summed E-state index contributed by atoms with van der Waals surface area (Å²) in [6.45, 7) is 7.07. The van der Waals surface area contributed by atoms with Crippen LogP contribution in [0.2, 0.25) is 0 Å². The summed E-state index contributed by atoms with van der Waals surface area (Å²) in [5.41, 5.74) is -0.165. The molecule has 0 aliphatic carbocycles. The van der Waals surface area contributed by atoms with Crippen LogP contribution in [0.15, 0.2) is 36.6 Å². The van der Waals surface area contributed by atoms with Crippen molar-refractivity contribution in [3.05, 3.63) is 47.7 Å². The number of hydrogen-bond donors (Lipinski definition) is 0. The molecule has 6 nitrogen and oxygen atoms in total. The molecule has 1 aromatic rings. The summed E-state index contributed by atoms with van der Waals surface area (Å²) in [7, 11) is 0.932. The Morgan fingerprint density at radius 1 is 1.12 bits per heavy atom. The minimum Gasteiger partial charge on any atom is -0.457 e. The van der Waals surface area contributed by atoms with E-state index in [2.05, 4.69) is 6.58 Å². The number of benzene rings is 1. The first-order valence-corrected chi connectivity index (χ1v) is 9.28. The molecule has 7 heteroatoms. The average molecular weight is 352 g/mol. The molecule has 0 fully saturated rings. The molecule has 24 heavy (non-hydrogen) atoms. The van der Waals surface area contributed by atoms with E-state index in [-0.39, 0.29) is 16.9 Å². The summed E-state index contributed by atoms with van der Waals surface area (Å²) in [5, 5.41) is 0. The highest BCUT2D eigenvalue weighted by Gasteiger charge is 2.29. The monoisotopic (exact) mass is 352 g/mol. The molecule has 0 aliphatic rings. The zero-order valence-corrected chi connectivity index (χ0v) is 15.7. The molecule has 0 saturated heterocycles. The predicted octanol–water partition coefficient (Wildman–Crippen LogP) is 2.76. The second-order valence-electron chi connectivity index (χ2n) is 5.21. The lowest BCUT2D eigenvalue weighted by molar-refractivity contribution is 0.0340. The lowest BCUT2D eigenvalue weighted by atomic mass is 10.1. The van der Waals surface area contributed by atoms with Crippen molar-refractivity contribution in [1.82, 2.24) is 0 Å². The maximum absolute atomic E-state index is 12.5. The molecular weight excluding hydrogens is 328 g/mol. The number of carbonyl (C=O) groups is 2. The largest absolute Gasteiger partial charge is 0.457 e. The van der Waals surface area contributed by atoms with Crippen LogP contribution >= 0.6 is 0 Å². The Bertz CT molecular complexity index is 582. The fraction of sp³-hybridized carbons (Fsp3) is 0.412. The van der Waals surface area contributed by atoms with E-state index in [4.69, 9.17) is 18.3 Å². The van der Waals surface area contributed by atoms with Gasteiger partial charge in [0.25, 0.3) is 0 Å². The third kappa shape index (κ3) is 5.59. The molecule has 0 N–H and O–H groups in total. The van der Waals surface area contributed by atoms with E-state index in [0.717, 1.165) is 6.42 Å². The van der Waals surface area contributed by atoms with Crippen molar-refractivity contribution in [2.45, 2.75) is 32.4 Å². The van der Waals surface area contributed by atoms with Crippen LogP contribution in [-0.2, 0) is 18.3 Å². The fourth-order valence-corrected chi connectivity index (χ4v) is 3.83. The highest BCUT2D eigenvalue weighted by atomic mass is 28.3. The Morgan fingerprint density at radius 3 is 2.12 bits per heavy atom. The topological polar surface area (TPSA) is 71.1 Å². The average Bonchev–Trinajstić information content (AvgIpc) is 2.55. The summed E-state index contributed by atoms with van der Waals surface area (Å²) in [6, 6.07) is 6.34. The Hall–Kier alpha value is -1.96. The van der Waals surface area contributed by atoms with Crippen LogP contribution in [0.4, 0.5) is 0 Å². The van der Waals surface area contributed by atoms with E-state index in [1.54, 1.807) is 19.1 Å². The predicted molar refractivity (Wildman–Crippen MR) is 92.0 cm³/mol. The Balaban J connectivity index is 3.01. The van der Waals surface area contributed by atoms with Gasteiger partial charge in [-0.15, -0.1) is 0 Å². The van der Waals surface area contributed by atoms with Gasteiger partial charge in [0.2, 0.25) is 0 Å². The van der Waals surface area contributed by atoms with Gasteiger partial charge >= 0.3 is 21.2 Å². The van der Waals surface area contributed by atoms with Crippen molar-refractivity contribution in [2.24, 2.45) is 0 Å². The third-order valence-corrected chi connectivity index (χ3v) is 5.24. The van der Waals surface area contributed by atoms with Crippen LogP contribution in [-0.4, -0.2) is 41.2 Å². The quantitative estimate of drug-likeness (QED) is 0.387. The number of hydrogen-bond acceptors (Lipinski definition) is 6. The second-order valence-corrected chi connectivity index (χ2v) is 7.63. The Morgan fingerprint density at radius 2 is 1.67 bits per heavy atom. The molecule has 0 aromatic heterocycles. The van der Waals surface area contributed by atoms with Crippen molar-refractivity contribution in [3.63, 3.8) is 0 Å². The fourth-order valence-electron chi connectivity index (χ4n) is 2.19. The normalized spacial score (nSPS) is 11.9. The molecule has 0 radical (unpaired) electrons. The van der Waals surface area contributed by atoms with Crippen LogP contribution < -0.4 is 0 Å². The maximum atomic E-state index is 12.5. The molecule has 132 valence electrons. The van der Waals surface area contributed by atoms with E-state index in [1.165, 1.54) is 26.4 Å². The molecule has 0 saturated carbocycles. The van der Waals surface area contributed by atoms with Gasteiger partial charge in [0.05, 0.1) is 16.9 Å². The first kappa shape index (κ1) is 20.1. The SMILES string of the molecule is C=C(C)OC(=O)c1ccccc1C(=O)OC(CCC)[SiH](OC)OC. The zero-order valence-electron chi connectivity index (χ0n) is 14.5. The third-order valence-electron chi connectivity index (χ3n) is 3.23. The van der Waals surface area contributed by atoms with Crippen LogP contribution in [0.1, 0.15) is 47.4 Å². The highest BCUT2D eigenvalue weighted by Crippen LogP contribution is 2.17. The first-order chi connectivity index (χ1) is 11.4. The molecule has 1 aromatic carbocycles. The summed E-state index contributed by atoms with van der Waals surface area (Å²) < 4.78 is 21.2. The van der Waals surface area contributed by atoms with E-state index >= 15 is 0 Å². The number of ether oxygens (including phenoxy) is 2. The van der Waals surface area contributed by atoms with Crippen LogP contribution in [0.25, 0.3) is 0 Å². The number of esters is 2. The molecule has 1 atom stereocenters. The molecule has 0 amide bonds. The van der Waals surface area contributed by atoms with Crippen LogP contribution in [0.5, 0.6) is 0 Å². The molecule has 0 heterocycles. The summed E-state index contributed by atoms with van der Waals surface area (Å²) >= 11 is 0. The second kappa shape index (κ2) is 10.0. The minimum atomic E-state index is -2.14. The summed E-state index contributed by atoms with van der Waals surface area (Å²) in [4.78, 5) is 24.6. The molecule has 0 aliphatic heterocycles. The van der Waals surface area contributed by atoms with Crippen molar-refractivity contribution in [1.29, 1.82) is 0 Å². The molecule has 0 spiro atoms. The van der Waals surface area contributed by atoms with Gasteiger partial charge in [-0.05, 0) is 25.5 Å². The van der Waals surface area contributed by atoms with Gasteiger partial charge in [0, 0.05) is 14.2 Å². The van der Waals surface area contributed by atoms with Gasteiger partial charge in [-0.1, -0.05) is 32.1 Å². The maximum Gasteiger partial charge on any atom is 0.363 e. The lowest BCUT2D eigenvalue weighted by Crippen LogP contribution is -2.39. The molecule has 1 rings (SSSR count). The molecular formula is C17H24O6Si. The zero-order chi connectivity index (χ0) is 18.1. The van der Waals surface area contributed by atoms with Crippen molar-refractivity contribution in [2.75, 3.05) is 14.2 Å². The van der Waals surface area contributed by atoms with E-state index in [0.29, 0.717) is 6.42 Å². The van der Waals surface area contributed by atoms with Gasteiger partial charge in [0.15, 0.2) is 0 Å².